The molecule has 3 N–H and O–H groups in total. The third-order valence-electron chi connectivity index (χ3n) is 4.33. The first kappa shape index (κ1) is 19.4. The number of ether oxygens (including phenoxy) is 1. The third kappa shape index (κ3) is 5.54. The Morgan fingerprint density at radius 1 is 1.29 bits per heavy atom. The quantitative estimate of drug-likeness (QED) is 0.447. The normalized spacial score (nSPS) is 25.2. The topological polar surface area (TPSA) is 99.8 Å². The maximum Gasteiger partial charge on any atom is 0.242 e. The van der Waals surface area contributed by atoms with Crippen LogP contribution in [0.3, 0.4) is 0 Å². The van der Waals surface area contributed by atoms with Crippen molar-refractivity contribution in [2.45, 2.75) is 38.7 Å². The van der Waals surface area contributed by atoms with Crippen LogP contribution in [0.15, 0.2) is 0 Å². The van der Waals surface area contributed by atoms with Crippen LogP contribution < -0.4 is 16.2 Å². The molecule has 0 aromatic carbocycles. The van der Waals surface area contributed by atoms with E-state index in [1.807, 2.05) is 0 Å². The van der Waals surface area contributed by atoms with Crippen LogP contribution in [0.25, 0.3) is 0 Å². The van der Waals surface area contributed by atoms with Gasteiger partial charge in [0.25, 0.3) is 0 Å². The van der Waals surface area contributed by atoms with Crippen LogP contribution in [0.2, 0.25) is 0 Å². The van der Waals surface area contributed by atoms with Gasteiger partial charge in [0, 0.05) is 26.2 Å². The van der Waals surface area contributed by atoms with E-state index in [1.165, 1.54) is 4.31 Å². The largest absolute Gasteiger partial charge is 0.376 e. The predicted molar refractivity (Wildman–Crippen MR) is 94.6 cm³/mol. The number of rotatable bonds is 5. The molecule has 138 valence electrons. The van der Waals surface area contributed by atoms with Crippen molar-refractivity contribution in [2.24, 2.45) is 5.92 Å². The molecule has 0 saturated carbocycles. The van der Waals surface area contributed by atoms with E-state index in [0.29, 0.717) is 31.0 Å². The Labute approximate surface area is 148 Å². The van der Waals surface area contributed by atoms with Gasteiger partial charge in [0.1, 0.15) is 0 Å². The molecule has 0 spiro atoms. The van der Waals surface area contributed by atoms with Crippen molar-refractivity contribution < 1.29 is 17.9 Å². The lowest BCUT2D eigenvalue weighted by atomic mass is 9.99. The summed E-state index contributed by atoms with van der Waals surface area (Å²) in [7, 11) is -3.26. The van der Waals surface area contributed by atoms with Gasteiger partial charge >= 0.3 is 0 Å². The number of hydrogen-bond acceptors (Lipinski definition) is 5. The van der Waals surface area contributed by atoms with Crippen molar-refractivity contribution in [1.29, 1.82) is 0 Å². The molecule has 2 heterocycles. The minimum atomic E-state index is -3.26. The summed E-state index contributed by atoms with van der Waals surface area (Å²) in [5.74, 6) is -0.558. The average molecular weight is 379 g/mol. The molecule has 2 aliphatic rings. The molecular formula is C14H26N4O4S2. The number of sulfonamides is 1. The van der Waals surface area contributed by atoms with Crippen LogP contribution in [0.4, 0.5) is 0 Å². The number of hydrazine groups is 1. The Kier molecular flexibility index (Phi) is 7.20. The standard InChI is InChI=1S/C14H26N4O4S2/c1-2-24(20,21)18-7-3-5-11(10-18)13(19)16-17-14(23)15-9-12-6-4-8-22-12/h11-12H,2-10H2,1H3,(H,16,19)(H2,15,17,23)/t11-,12-/m1/s1. The minimum absolute atomic E-state index is 0.0524. The molecule has 2 fully saturated rings. The molecule has 0 radical (unpaired) electrons. The van der Waals surface area contributed by atoms with E-state index in [4.69, 9.17) is 17.0 Å². The number of thiocarbonyl (C=S) groups is 1. The Morgan fingerprint density at radius 2 is 2.08 bits per heavy atom. The van der Waals surface area contributed by atoms with E-state index in [0.717, 1.165) is 19.4 Å². The Hall–Kier alpha value is -0.970. The lowest BCUT2D eigenvalue weighted by molar-refractivity contribution is -0.126. The molecule has 8 nitrogen and oxygen atoms in total. The first-order chi connectivity index (χ1) is 11.4. The maximum atomic E-state index is 12.2. The first-order valence-corrected chi connectivity index (χ1v) is 10.4. The Bertz CT molecular complexity index is 549. The van der Waals surface area contributed by atoms with Gasteiger partial charge in [-0.1, -0.05) is 0 Å². The van der Waals surface area contributed by atoms with E-state index < -0.39 is 10.0 Å². The summed E-state index contributed by atoms with van der Waals surface area (Å²) in [4.78, 5) is 12.2. The second kappa shape index (κ2) is 8.93. The highest BCUT2D eigenvalue weighted by Gasteiger charge is 2.31. The van der Waals surface area contributed by atoms with Gasteiger partial charge in [-0.3, -0.25) is 15.6 Å². The van der Waals surface area contributed by atoms with E-state index in [1.54, 1.807) is 6.92 Å². The molecule has 10 heteroatoms. The van der Waals surface area contributed by atoms with Crippen LogP contribution in [0.1, 0.15) is 32.6 Å². The number of nitrogens with zero attached hydrogens (tertiary/aromatic N) is 1. The number of amides is 1. The molecule has 2 atom stereocenters. The van der Waals surface area contributed by atoms with Gasteiger partial charge in [-0.05, 0) is 44.8 Å². The smallest absolute Gasteiger partial charge is 0.242 e. The lowest BCUT2D eigenvalue weighted by Crippen LogP contribution is -2.52. The molecule has 0 aromatic heterocycles. The van der Waals surface area contributed by atoms with Crippen molar-refractivity contribution in [3.63, 3.8) is 0 Å². The fraction of sp³-hybridized carbons (Fsp3) is 0.857. The molecule has 0 aromatic rings. The highest BCUT2D eigenvalue weighted by atomic mass is 32.2. The van der Waals surface area contributed by atoms with Crippen molar-refractivity contribution in [2.75, 3.05) is 32.0 Å². The molecule has 0 bridgehead atoms. The molecule has 0 aliphatic carbocycles. The van der Waals surface area contributed by atoms with Crippen LogP contribution >= 0.6 is 12.2 Å². The SMILES string of the molecule is CCS(=O)(=O)N1CCC[C@@H](C(=O)NNC(=S)NC[C@H]2CCCO2)C1. The van der Waals surface area contributed by atoms with Crippen molar-refractivity contribution in [3.05, 3.63) is 0 Å². The van der Waals surface area contributed by atoms with E-state index in [-0.39, 0.29) is 30.2 Å². The van der Waals surface area contributed by atoms with Gasteiger partial charge in [0.05, 0.1) is 17.8 Å². The second-order valence-electron chi connectivity index (χ2n) is 6.06. The summed E-state index contributed by atoms with van der Waals surface area (Å²) in [5.41, 5.74) is 5.23. The average Bonchev–Trinajstić information content (AvgIpc) is 3.11. The van der Waals surface area contributed by atoms with E-state index in [2.05, 4.69) is 16.2 Å². The summed E-state index contributed by atoms with van der Waals surface area (Å²) in [6.07, 6.45) is 3.57. The summed E-state index contributed by atoms with van der Waals surface area (Å²) >= 11 is 5.11. The summed E-state index contributed by atoms with van der Waals surface area (Å²) in [5, 5.41) is 3.33. The number of carbonyl (C=O) groups excluding carboxylic acids is 1. The van der Waals surface area contributed by atoms with E-state index in [9.17, 15) is 13.2 Å². The predicted octanol–water partition coefficient (Wildman–Crippen LogP) is -0.278. The van der Waals surface area contributed by atoms with Crippen molar-refractivity contribution in [1.82, 2.24) is 20.5 Å². The van der Waals surface area contributed by atoms with Gasteiger partial charge < -0.3 is 10.1 Å². The summed E-state index contributed by atoms with van der Waals surface area (Å²) < 4.78 is 30.7. The minimum Gasteiger partial charge on any atom is -0.376 e. The van der Waals surface area contributed by atoms with Crippen LogP contribution in [0, 0.1) is 5.92 Å². The van der Waals surface area contributed by atoms with Gasteiger partial charge in [-0.2, -0.15) is 0 Å². The molecule has 2 rings (SSSR count). The number of nitrogens with one attached hydrogen (secondary N) is 3. The van der Waals surface area contributed by atoms with Gasteiger partial charge in [0.2, 0.25) is 15.9 Å². The Balaban J connectivity index is 1.72. The highest BCUT2D eigenvalue weighted by molar-refractivity contribution is 7.89. The zero-order chi connectivity index (χ0) is 17.6. The van der Waals surface area contributed by atoms with Crippen molar-refractivity contribution in [3.8, 4) is 0 Å². The molecule has 24 heavy (non-hydrogen) atoms. The van der Waals surface area contributed by atoms with Gasteiger partial charge in [0.15, 0.2) is 5.11 Å². The van der Waals surface area contributed by atoms with E-state index >= 15 is 0 Å². The number of hydrogen-bond donors (Lipinski definition) is 3. The second-order valence-corrected chi connectivity index (χ2v) is 8.72. The first-order valence-electron chi connectivity index (χ1n) is 8.35. The third-order valence-corrected chi connectivity index (χ3v) is 6.42. The molecular weight excluding hydrogens is 352 g/mol. The lowest BCUT2D eigenvalue weighted by Gasteiger charge is -2.31. The number of piperidine rings is 1. The molecule has 0 unspecified atom stereocenters. The Morgan fingerprint density at radius 3 is 2.75 bits per heavy atom. The van der Waals surface area contributed by atoms with Crippen molar-refractivity contribution >= 4 is 33.3 Å². The fourth-order valence-corrected chi connectivity index (χ4v) is 4.18. The van der Waals surface area contributed by atoms with Crippen LogP contribution in [0.5, 0.6) is 0 Å². The zero-order valence-electron chi connectivity index (χ0n) is 13.9. The van der Waals surface area contributed by atoms with Crippen LogP contribution in [-0.2, 0) is 19.6 Å². The highest BCUT2D eigenvalue weighted by Crippen LogP contribution is 2.19. The number of carbonyl (C=O) groups is 1. The van der Waals surface area contributed by atoms with Gasteiger partial charge in [-0.25, -0.2) is 12.7 Å². The monoisotopic (exact) mass is 378 g/mol. The summed E-state index contributed by atoms with van der Waals surface area (Å²) in [6.45, 7) is 3.70. The van der Waals surface area contributed by atoms with Crippen LogP contribution in [-0.4, -0.2) is 61.8 Å². The molecule has 2 aliphatic heterocycles. The maximum absolute atomic E-state index is 12.2. The fourth-order valence-electron chi connectivity index (χ4n) is 2.87. The summed E-state index contributed by atoms with van der Waals surface area (Å²) in [6, 6.07) is 0. The molecule has 1 amide bonds. The zero-order valence-corrected chi connectivity index (χ0v) is 15.5. The van der Waals surface area contributed by atoms with Gasteiger partial charge in [-0.15, -0.1) is 0 Å². The molecule has 2 saturated heterocycles.